The molecule has 3 heterocycles. The summed E-state index contributed by atoms with van der Waals surface area (Å²) in [6.07, 6.45) is 0. The lowest BCUT2D eigenvalue weighted by atomic mass is 9.95. The lowest BCUT2D eigenvalue weighted by Gasteiger charge is -2.26. The van der Waals surface area contributed by atoms with Gasteiger partial charge in [0, 0.05) is 21.1 Å². The van der Waals surface area contributed by atoms with E-state index in [2.05, 4.69) is 36.9 Å². The molecule has 214 valence electrons. The number of allylic oxidation sites excluding steroid dienone is 1. The van der Waals surface area contributed by atoms with Crippen LogP contribution in [0.3, 0.4) is 0 Å². The minimum absolute atomic E-state index is 0.151. The zero-order chi connectivity index (χ0) is 29.6. The number of ether oxygens (including phenoxy) is 3. The van der Waals surface area contributed by atoms with Gasteiger partial charge < -0.3 is 19.1 Å². The lowest BCUT2D eigenvalue weighted by Crippen LogP contribution is -2.41. The van der Waals surface area contributed by atoms with Crippen LogP contribution in [0.2, 0.25) is 0 Å². The molecule has 0 unspecified atom stereocenters. The quantitative estimate of drug-likeness (QED) is 0.337. The van der Waals surface area contributed by atoms with Crippen molar-refractivity contribution in [3.63, 3.8) is 0 Å². The van der Waals surface area contributed by atoms with Crippen molar-refractivity contribution in [1.82, 2.24) is 4.57 Å². The van der Waals surface area contributed by atoms with Crippen molar-refractivity contribution in [3.8, 4) is 11.5 Å². The minimum Gasteiger partial charge on any atom is -0.493 e. The van der Waals surface area contributed by atoms with Crippen LogP contribution in [0.25, 0.3) is 5.57 Å². The first-order valence-corrected chi connectivity index (χ1v) is 15.4. The van der Waals surface area contributed by atoms with Crippen molar-refractivity contribution in [1.29, 1.82) is 0 Å². The van der Waals surface area contributed by atoms with E-state index in [0.717, 1.165) is 21.5 Å². The average molecular weight is 705 g/mol. The second kappa shape index (κ2) is 11.6. The lowest BCUT2D eigenvalue weighted by molar-refractivity contribution is -0.139. The number of amides is 1. The highest BCUT2D eigenvalue weighted by Crippen LogP contribution is 2.41. The Labute approximate surface area is 257 Å². The van der Waals surface area contributed by atoms with Crippen molar-refractivity contribution in [2.45, 2.75) is 33.7 Å². The largest absolute Gasteiger partial charge is 0.493 e. The number of anilines is 1. The number of likely N-dealkylation sites (N-methyl/N-ethyl adjacent to an activating group) is 1. The van der Waals surface area contributed by atoms with Gasteiger partial charge in [-0.25, -0.2) is 9.79 Å². The molecule has 2 aliphatic heterocycles. The molecule has 0 saturated heterocycles. The SMILES string of the molecule is CCOC(=O)C1=C(C)N=c2s/c(=C3/C(=O)N(CC)c4ccc(Br)cc43)c(=O)n2[C@@H]1c1cc(OCC)c(OC)cc1Br. The fraction of sp³-hybridized carbons (Fsp3) is 0.310. The first kappa shape index (κ1) is 29.3. The normalized spacial score (nSPS) is 17.3. The summed E-state index contributed by atoms with van der Waals surface area (Å²) >= 11 is 8.26. The van der Waals surface area contributed by atoms with Crippen LogP contribution in [0.1, 0.15) is 44.9 Å². The fourth-order valence-electron chi connectivity index (χ4n) is 5.16. The Kier molecular flexibility index (Phi) is 8.27. The molecule has 1 aromatic heterocycles. The van der Waals surface area contributed by atoms with Gasteiger partial charge in [-0.3, -0.25) is 14.2 Å². The number of fused-ring (bicyclic) bond motifs is 2. The van der Waals surface area contributed by atoms with E-state index in [9.17, 15) is 14.4 Å². The number of aromatic nitrogens is 1. The summed E-state index contributed by atoms with van der Waals surface area (Å²) in [5.41, 5.74) is 2.51. The Morgan fingerprint density at radius 3 is 2.49 bits per heavy atom. The maximum Gasteiger partial charge on any atom is 0.338 e. The highest BCUT2D eigenvalue weighted by Gasteiger charge is 2.38. The van der Waals surface area contributed by atoms with Gasteiger partial charge in [-0.05, 0) is 63.6 Å². The number of hydrogen-bond acceptors (Lipinski definition) is 8. The predicted octanol–water partition coefficient (Wildman–Crippen LogP) is 4.47. The summed E-state index contributed by atoms with van der Waals surface area (Å²) in [5.74, 6) is 0.113. The van der Waals surface area contributed by atoms with E-state index in [1.807, 2.05) is 32.0 Å². The monoisotopic (exact) mass is 703 g/mol. The summed E-state index contributed by atoms with van der Waals surface area (Å²) in [6.45, 7) is 8.16. The molecule has 0 saturated carbocycles. The van der Waals surface area contributed by atoms with Crippen molar-refractivity contribution in [2.75, 3.05) is 31.8 Å². The molecule has 12 heteroatoms. The number of rotatable bonds is 7. The molecule has 9 nitrogen and oxygen atoms in total. The zero-order valence-corrected chi connectivity index (χ0v) is 27.0. The highest BCUT2D eigenvalue weighted by molar-refractivity contribution is 9.10. The number of benzene rings is 2. The number of hydrogen-bond donors (Lipinski definition) is 0. The first-order valence-electron chi connectivity index (χ1n) is 13.0. The number of esters is 1. The van der Waals surface area contributed by atoms with Gasteiger partial charge in [0.1, 0.15) is 4.53 Å². The highest BCUT2D eigenvalue weighted by atomic mass is 79.9. The van der Waals surface area contributed by atoms with E-state index in [-0.39, 0.29) is 22.6 Å². The molecular weight excluding hydrogens is 678 g/mol. The Bertz CT molecular complexity index is 1810. The topological polar surface area (TPSA) is 99.4 Å². The molecule has 1 amide bonds. The molecular formula is C29H27Br2N3O6S. The van der Waals surface area contributed by atoms with Crippen LogP contribution in [0.5, 0.6) is 11.5 Å². The van der Waals surface area contributed by atoms with Crippen LogP contribution in [0.15, 0.2) is 60.3 Å². The van der Waals surface area contributed by atoms with E-state index in [0.29, 0.717) is 56.3 Å². The smallest absolute Gasteiger partial charge is 0.338 e. The number of methoxy groups -OCH3 is 1. The third-order valence-electron chi connectivity index (χ3n) is 6.89. The molecule has 1 atom stereocenters. The standard InChI is InChI=1S/C29H27Br2N3O6S/c1-6-33-19-10-9-15(30)11-17(19)23(26(33)35)25-27(36)34-24(16-12-21(39-7-2)20(38-5)13-18(16)31)22(28(37)40-8-3)14(4)32-29(34)41-25/h9-13,24H,6-8H2,1-5H3/b25-23+/t24-/m1/s1. The van der Waals surface area contributed by atoms with Gasteiger partial charge in [0.2, 0.25) is 0 Å². The molecule has 3 aromatic rings. The van der Waals surface area contributed by atoms with Crippen LogP contribution in [0, 0.1) is 0 Å². The summed E-state index contributed by atoms with van der Waals surface area (Å²) in [7, 11) is 1.54. The second-order valence-corrected chi connectivity index (χ2v) is 11.9. The summed E-state index contributed by atoms with van der Waals surface area (Å²) in [5, 5.41) is 0. The van der Waals surface area contributed by atoms with E-state index in [1.165, 1.54) is 11.7 Å². The van der Waals surface area contributed by atoms with Crippen LogP contribution in [-0.4, -0.2) is 43.3 Å². The summed E-state index contributed by atoms with van der Waals surface area (Å²) < 4.78 is 19.9. The third kappa shape index (κ3) is 4.85. The Hall–Kier alpha value is -3.22. The number of carbonyl (C=O) groups excluding carboxylic acids is 2. The first-order chi connectivity index (χ1) is 19.7. The summed E-state index contributed by atoms with van der Waals surface area (Å²) in [4.78, 5) is 48.1. The molecule has 0 N–H and O–H groups in total. The van der Waals surface area contributed by atoms with Gasteiger partial charge >= 0.3 is 5.97 Å². The van der Waals surface area contributed by atoms with E-state index >= 15 is 0 Å². The number of thiazole rings is 1. The van der Waals surface area contributed by atoms with Crippen LogP contribution in [0.4, 0.5) is 5.69 Å². The molecule has 41 heavy (non-hydrogen) atoms. The zero-order valence-electron chi connectivity index (χ0n) is 23.0. The van der Waals surface area contributed by atoms with Gasteiger partial charge in [0.25, 0.3) is 11.5 Å². The van der Waals surface area contributed by atoms with Gasteiger partial charge in [-0.2, -0.15) is 0 Å². The van der Waals surface area contributed by atoms with Crippen LogP contribution >= 0.6 is 43.2 Å². The molecule has 2 aromatic carbocycles. The molecule has 0 bridgehead atoms. The van der Waals surface area contributed by atoms with E-state index < -0.39 is 17.6 Å². The fourth-order valence-corrected chi connectivity index (χ4v) is 7.20. The maximum atomic E-state index is 14.4. The second-order valence-electron chi connectivity index (χ2n) is 9.17. The molecule has 0 aliphatic carbocycles. The number of carbonyl (C=O) groups is 2. The van der Waals surface area contributed by atoms with Crippen molar-refractivity contribution in [2.24, 2.45) is 4.99 Å². The molecule has 0 fully saturated rings. The van der Waals surface area contributed by atoms with Crippen LogP contribution in [-0.2, 0) is 14.3 Å². The predicted molar refractivity (Wildman–Crippen MR) is 163 cm³/mol. The minimum atomic E-state index is -0.903. The average Bonchev–Trinajstić information content (AvgIpc) is 3.40. The van der Waals surface area contributed by atoms with Crippen LogP contribution < -0.4 is 29.3 Å². The maximum absolute atomic E-state index is 14.4. The third-order valence-corrected chi connectivity index (χ3v) is 9.12. The number of halogens is 2. The van der Waals surface area contributed by atoms with Gasteiger partial charge in [-0.1, -0.05) is 43.2 Å². The van der Waals surface area contributed by atoms with Crippen molar-refractivity contribution < 1.29 is 23.8 Å². The summed E-state index contributed by atoms with van der Waals surface area (Å²) in [6, 6.07) is 8.16. The van der Waals surface area contributed by atoms with Crippen molar-refractivity contribution >= 4 is 66.3 Å². The Balaban J connectivity index is 1.86. The van der Waals surface area contributed by atoms with E-state index in [1.54, 1.807) is 30.9 Å². The van der Waals surface area contributed by atoms with Gasteiger partial charge in [0.05, 0.1) is 48.9 Å². The molecule has 5 rings (SSSR count). The Morgan fingerprint density at radius 1 is 1.07 bits per heavy atom. The van der Waals surface area contributed by atoms with E-state index in [4.69, 9.17) is 14.2 Å². The van der Waals surface area contributed by atoms with Crippen molar-refractivity contribution in [3.05, 3.63) is 81.4 Å². The molecule has 0 radical (unpaired) electrons. The van der Waals surface area contributed by atoms with Gasteiger partial charge in [0.15, 0.2) is 16.3 Å². The molecule has 0 spiro atoms. The number of nitrogens with zero attached hydrogens (tertiary/aromatic N) is 3. The molecule has 2 aliphatic rings. The van der Waals surface area contributed by atoms with Gasteiger partial charge in [-0.15, -0.1) is 0 Å². The Morgan fingerprint density at radius 2 is 1.83 bits per heavy atom.